The number of H-pyrrole nitrogens is 1. The Morgan fingerprint density at radius 1 is 0.833 bits per heavy atom. The van der Waals surface area contributed by atoms with Crippen molar-refractivity contribution in [3.63, 3.8) is 0 Å². The van der Waals surface area contributed by atoms with Gasteiger partial charge >= 0.3 is 6.03 Å². The number of primary amides is 1. The molecule has 5 nitrogen and oxygen atoms in total. The molecule has 5 heteroatoms. The van der Waals surface area contributed by atoms with Gasteiger partial charge in [-0.15, -0.1) is 0 Å². The van der Waals surface area contributed by atoms with E-state index in [0.717, 1.165) is 21.8 Å². The maximum absolute atomic E-state index is 12.0. The van der Waals surface area contributed by atoms with E-state index in [0.29, 0.717) is 17.1 Å². The average molecular weight is 316 g/mol. The second-order valence-corrected chi connectivity index (χ2v) is 5.67. The topological polar surface area (TPSA) is 88.1 Å². The molecule has 0 aliphatic rings. The Morgan fingerprint density at radius 3 is 2.25 bits per heavy atom. The van der Waals surface area contributed by atoms with Crippen molar-refractivity contribution in [1.82, 2.24) is 4.98 Å². The molecule has 0 bridgehead atoms. The normalized spacial score (nSPS) is 11.0. The number of nitrogen functional groups attached to an aromatic ring is 1. The van der Waals surface area contributed by atoms with E-state index >= 15 is 0 Å². The van der Waals surface area contributed by atoms with E-state index in [9.17, 15) is 4.79 Å². The van der Waals surface area contributed by atoms with Gasteiger partial charge in [0.25, 0.3) is 0 Å². The van der Waals surface area contributed by atoms with Crippen LogP contribution in [0.3, 0.4) is 0 Å². The molecular weight excluding hydrogens is 300 g/mol. The molecule has 2 amide bonds. The van der Waals surface area contributed by atoms with Crippen molar-refractivity contribution in [2.24, 2.45) is 5.73 Å². The summed E-state index contributed by atoms with van der Waals surface area (Å²) < 4.78 is 0. The van der Waals surface area contributed by atoms with E-state index in [2.05, 4.69) is 11.1 Å². The molecule has 0 radical (unpaired) electrons. The van der Waals surface area contributed by atoms with Crippen LogP contribution in [-0.2, 0) is 0 Å². The van der Waals surface area contributed by atoms with Crippen LogP contribution in [-0.4, -0.2) is 11.0 Å². The molecule has 4 rings (SSSR count). The minimum atomic E-state index is -0.543. The third-order valence-corrected chi connectivity index (χ3v) is 4.12. The van der Waals surface area contributed by atoms with E-state index in [4.69, 9.17) is 11.5 Å². The summed E-state index contributed by atoms with van der Waals surface area (Å²) in [7, 11) is 0. The van der Waals surface area contributed by atoms with E-state index in [1.807, 2.05) is 36.4 Å². The molecule has 1 aromatic heterocycles. The number of anilines is 3. The number of amides is 2. The van der Waals surface area contributed by atoms with Crippen molar-refractivity contribution < 1.29 is 4.79 Å². The first-order chi connectivity index (χ1) is 11.6. The fourth-order valence-corrected chi connectivity index (χ4v) is 3.00. The SMILES string of the molecule is NC(=O)N(c1ccc(N)cc1)c1ccc2[nH]c3ccccc3c2c1. The largest absolute Gasteiger partial charge is 0.399 e. The van der Waals surface area contributed by atoms with E-state index in [1.165, 1.54) is 4.90 Å². The molecule has 0 aliphatic carbocycles. The summed E-state index contributed by atoms with van der Waals surface area (Å²) in [6, 6.07) is 20.4. The average Bonchev–Trinajstić information content (AvgIpc) is 2.95. The van der Waals surface area contributed by atoms with Crippen LogP contribution in [0.2, 0.25) is 0 Å². The Bertz CT molecular complexity index is 1050. The number of fused-ring (bicyclic) bond motifs is 3. The smallest absolute Gasteiger partial charge is 0.323 e. The van der Waals surface area contributed by atoms with Gasteiger partial charge in [0.2, 0.25) is 0 Å². The number of benzene rings is 3. The Labute approximate surface area is 138 Å². The second kappa shape index (κ2) is 5.31. The number of carbonyl (C=O) groups is 1. The van der Waals surface area contributed by atoms with Crippen LogP contribution in [0.25, 0.3) is 21.8 Å². The molecular formula is C19H16N4O. The second-order valence-electron chi connectivity index (χ2n) is 5.67. The Kier molecular flexibility index (Phi) is 3.13. The first-order valence-corrected chi connectivity index (χ1v) is 7.59. The lowest BCUT2D eigenvalue weighted by molar-refractivity contribution is 0.256. The summed E-state index contributed by atoms with van der Waals surface area (Å²) in [5, 5.41) is 2.15. The number of hydrogen-bond acceptors (Lipinski definition) is 2. The molecule has 0 saturated carbocycles. The number of carbonyl (C=O) groups excluding carboxylic acids is 1. The van der Waals surface area contributed by atoms with Gasteiger partial charge in [0.05, 0.1) is 11.4 Å². The number of rotatable bonds is 2. The number of hydrogen-bond donors (Lipinski definition) is 3. The minimum Gasteiger partial charge on any atom is -0.399 e. The number of para-hydroxylation sites is 1. The molecule has 118 valence electrons. The third kappa shape index (κ3) is 2.23. The summed E-state index contributed by atoms with van der Waals surface area (Å²) in [4.78, 5) is 16.9. The lowest BCUT2D eigenvalue weighted by atomic mass is 10.1. The summed E-state index contributed by atoms with van der Waals surface area (Å²) >= 11 is 0. The Morgan fingerprint density at radius 2 is 1.50 bits per heavy atom. The highest BCUT2D eigenvalue weighted by Crippen LogP contribution is 2.32. The standard InChI is InChI=1S/C19H16N4O/c20-12-5-7-13(8-6-12)23(19(21)24)14-9-10-18-16(11-14)15-3-1-2-4-17(15)22-18/h1-11,22H,20H2,(H2,21,24). The fourth-order valence-electron chi connectivity index (χ4n) is 3.00. The predicted octanol–water partition coefficient (Wildman–Crippen LogP) is 4.12. The van der Waals surface area contributed by atoms with Crippen LogP contribution in [0.15, 0.2) is 66.7 Å². The van der Waals surface area contributed by atoms with E-state index in [-0.39, 0.29) is 0 Å². The van der Waals surface area contributed by atoms with Gasteiger partial charge in [0.1, 0.15) is 0 Å². The predicted molar refractivity (Wildman–Crippen MR) is 98.4 cm³/mol. The van der Waals surface area contributed by atoms with Gasteiger partial charge in [-0.25, -0.2) is 4.79 Å². The number of aromatic amines is 1. The number of nitrogens with one attached hydrogen (secondary N) is 1. The summed E-state index contributed by atoms with van der Waals surface area (Å²) in [5.41, 5.74) is 15.4. The highest BCUT2D eigenvalue weighted by Gasteiger charge is 2.16. The number of nitrogens with zero attached hydrogens (tertiary/aromatic N) is 1. The molecule has 3 aromatic carbocycles. The Hall–Kier alpha value is -3.47. The summed E-state index contributed by atoms with van der Waals surface area (Å²) in [5.74, 6) is 0. The lowest BCUT2D eigenvalue weighted by Crippen LogP contribution is -2.31. The van der Waals surface area contributed by atoms with Crippen molar-refractivity contribution in [2.45, 2.75) is 0 Å². The first kappa shape index (κ1) is 14.1. The van der Waals surface area contributed by atoms with Gasteiger partial charge in [-0.3, -0.25) is 4.90 Å². The van der Waals surface area contributed by atoms with Gasteiger partial charge in [-0.2, -0.15) is 0 Å². The monoisotopic (exact) mass is 316 g/mol. The van der Waals surface area contributed by atoms with Gasteiger partial charge < -0.3 is 16.5 Å². The molecule has 1 heterocycles. The van der Waals surface area contributed by atoms with Crippen LogP contribution in [0.5, 0.6) is 0 Å². The minimum absolute atomic E-state index is 0.543. The van der Waals surface area contributed by atoms with Crippen LogP contribution < -0.4 is 16.4 Å². The number of aromatic nitrogens is 1. The fraction of sp³-hybridized carbons (Fsp3) is 0. The summed E-state index contributed by atoms with van der Waals surface area (Å²) in [6.45, 7) is 0. The quantitative estimate of drug-likeness (QED) is 0.486. The molecule has 0 spiro atoms. The zero-order valence-electron chi connectivity index (χ0n) is 12.9. The van der Waals surface area contributed by atoms with Crippen LogP contribution in [0.4, 0.5) is 21.9 Å². The Balaban J connectivity index is 1.90. The molecule has 24 heavy (non-hydrogen) atoms. The van der Waals surface area contributed by atoms with Crippen molar-refractivity contribution in [3.8, 4) is 0 Å². The van der Waals surface area contributed by atoms with Crippen molar-refractivity contribution >= 4 is 44.9 Å². The van der Waals surface area contributed by atoms with Gasteiger partial charge in [0, 0.05) is 27.5 Å². The molecule has 0 fully saturated rings. The van der Waals surface area contributed by atoms with Crippen molar-refractivity contribution in [1.29, 1.82) is 0 Å². The van der Waals surface area contributed by atoms with Crippen molar-refractivity contribution in [2.75, 3.05) is 10.6 Å². The van der Waals surface area contributed by atoms with E-state index in [1.54, 1.807) is 24.3 Å². The molecule has 0 aliphatic heterocycles. The third-order valence-electron chi connectivity index (χ3n) is 4.12. The molecule has 5 N–H and O–H groups in total. The maximum Gasteiger partial charge on any atom is 0.323 e. The molecule has 0 unspecified atom stereocenters. The van der Waals surface area contributed by atoms with Gasteiger partial charge in [-0.1, -0.05) is 18.2 Å². The van der Waals surface area contributed by atoms with Crippen molar-refractivity contribution in [3.05, 3.63) is 66.7 Å². The van der Waals surface area contributed by atoms with Crippen LogP contribution in [0.1, 0.15) is 0 Å². The molecule has 4 aromatic rings. The zero-order valence-corrected chi connectivity index (χ0v) is 12.9. The molecule has 0 saturated heterocycles. The van der Waals surface area contributed by atoms with Crippen LogP contribution >= 0.6 is 0 Å². The van der Waals surface area contributed by atoms with E-state index < -0.39 is 6.03 Å². The summed E-state index contributed by atoms with van der Waals surface area (Å²) in [6.07, 6.45) is 0. The number of nitrogens with two attached hydrogens (primary N) is 2. The lowest BCUT2D eigenvalue weighted by Gasteiger charge is -2.21. The first-order valence-electron chi connectivity index (χ1n) is 7.59. The maximum atomic E-state index is 12.0. The zero-order chi connectivity index (χ0) is 16.7. The number of urea groups is 1. The highest BCUT2D eigenvalue weighted by atomic mass is 16.2. The van der Waals surface area contributed by atoms with Gasteiger partial charge in [0.15, 0.2) is 0 Å². The highest BCUT2D eigenvalue weighted by molar-refractivity contribution is 6.10. The van der Waals surface area contributed by atoms with Crippen LogP contribution in [0, 0.1) is 0 Å². The van der Waals surface area contributed by atoms with Gasteiger partial charge in [-0.05, 0) is 48.5 Å². The molecule has 0 atom stereocenters.